The highest BCUT2D eigenvalue weighted by atomic mass is 79.9. The number of rotatable bonds is 5. The fraction of sp³-hybridized carbons (Fsp3) is 0.647. The molecule has 1 N–H and O–H groups in total. The van der Waals surface area contributed by atoms with E-state index in [1.807, 2.05) is 0 Å². The van der Waals surface area contributed by atoms with Gasteiger partial charge in [0.15, 0.2) is 0 Å². The van der Waals surface area contributed by atoms with Gasteiger partial charge in [0.1, 0.15) is 0 Å². The Morgan fingerprint density at radius 3 is 2.90 bits per heavy atom. The quantitative estimate of drug-likeness (QED) is 0.820. The molecule has 1 saturated heterocycles. The maximum Gasteiger partial charge on any atom is 0.0326 e. The maximum atomic E-state index is 3.75. The van der Waals surface area contributed by atoms with Crippen LogP contribution in [0.3, 0.4) is 0 Å². The zero-order chi connectivity index (χ0) is 13.8. The number of nitrogens with zero attached hydrogens (tertiary/aromatic N) is 1. The van der Waals surface area contributed by atoms with Gasteiger partial charge in [0.25, 0.3) is 0 Å². The van der Waals surface area contributed by atoms with Crippen molar-refractivity contribution in [1.29, 1.82) is 0 Å². The van der Waals surface area contributed by atoms with Gasteiger partial charge in [-0.3, -0.25) is 0 Å². The van der Waals surface area contributed by atoms with Crippen LogP contribution in [0.4, 0.5) is 0 Å². The summed E-state index contributed by atoms with van der Waals surface area (Å²) in [6.45, 7) is 5.06. The summed E-state index contributed by atoms with van der Waals surface area (Å²) in [6.07, 6.45) is 8.00. The van der Waals surface area contributed by atoms with Crippen LogP contribution in [-0.4, -0.2) is 31.1 Å². The van der Waals surface area contributed by atoms with Crippen molar-refractivity contribution in [2.75, 3.05) is 26.2 Å². The molecule has 0 spiro atoms. The van der Waals surface area contributed by atoms with E-state index < -0.39 is 0 Å². The minimum Gasteiger partial charge on any atom is -0.310 e. The number of benzene rings is 1. The summed E-state index contributed by atoms with van der Waals surface area (Å²) < 4.78 is 1.21. The van der Waals surface area contributed by atoms with Crippen LogP contribution in [0.15, 0.2) is 22.7 Å². The van der Waals surface area contributed by atoms with Gasteiger partial charge in [0.2, 0.25) is 0 Å². The number of likely N-dealkylation sites (tertiary alicyclic amines) is 1. The molecule has 20 heavy (non-hydrogen) atoms. The minimum absolute atomic E-state index is 0.583. The van der Waals surface area contributed by atoms with Crippen LogP contribution in [-0.2, 0) is 6.42 Å². The predicted molar refractivity (Wildman–Crippen MR) is 88.1 cm³/mol. The minimum atomic E-state index is 0.583. The Bertz CT molecular complexity index is 441. The van der Waals surface area contributed by atoms with Crippen LogP contribution in [0, 0.1) is 0 Å². The normalized spacial score (nSPS) is 22.9. The van der Waals surface area contributed by atoms with Crippen LogP contribution < -0.4 is 5.32 Å². The Morgan fingerprint density at radius 1 is 1.20 bits per heavy atom. The van der Waals surface area contributed by atoms with E-state index >= 15 is 0 Å². The summed E-state index contributed by atoms with van der Waals surface area (Å²) in [6, 6.07) is 7.32. The third-order valence-electron chi connectivity index (χ3n) is 4.67. The van der Waals surface area contributed by atoms with Gasteiger partial charge in [-0.25, -0.2) is 0 Å². The molecule has 1 fully saturated rings. The molecule has 2 aliphatic rings. The highest BCUT2D eigenvalue weighted by Crippen LogP contribution is 2.32. The first-order valence-electron chi connectivity index (χ1n) is 8.07. The SMILES string of the molecule is Brc1ccc2c(c1)CCC2NCCCN1CCCCC1. The van der Waals surface area contributed by atoms with Crippen molar-refractivity contribution in [2.24, 2.45) is 0 Å². The predicted octanol–water partition coefficient (Wildman–Crippen LogP) is 3.90. The zero-order valence-electron chi connectivity index (χ0n) is 12.2. The number of hydrogen-bond donors (Lipinski definition) is 1. The lowest BCUT2D eigenvalue weighted by molar-refractivity contribution is 0.225. The average molecular weight is 337 g/mol. The summed E-state index contributed by atoms with van der Waals surface area (Å²) in [5, 5.41) is 3.75. The lowest BCUT2D eigenvalue weighted by Crippen LogP contribution is -2.32. The van der Waals surface area contributed by atoms with E-state index in [-0.39, 0.29) is 0 Å². The number of halogens is 1. The standard InChI is InChI=1S/C17H25BrN2/c18-15-6-7-16-14(13-15)5-8-17(16)19-9-4-12-20-10-2-1-3-11-20/h6-7,13,17,19H,1-5,8-12H2. The van der Waals surface area contributed by atoms with Gasteiger partial charge in [-0.1, -0.05) is 28.4 Å². The van der Waals surface area contributed by atoms with Gasteiger partial charge >= 0.3 is 0 Å². The number of fused-ring (bicyclic) bond motifs is 1. The summed E-state index contributed by atoms with van der Waals surface area (Å²) in [7, 11) is 0. The fourth-order valence-electron chi connectivity index (χ4n) is 3.56. The Labute approximate surface area is 131 Å². The topological polar surface area (TPSA) is 15.3 Å². The molecule has 1 heterocycles. The molecule has 0 saturated carbocycles. The first-order valence-corrected chi connectivity index (χ1v) is 8.86. The van der Waals surface area contributed by atoms with Crippen LogP contribution in [0.1, 0.15) is 49.3 Å². The van der Waals surface area contributed by atoms with Gasteiger partial charge in [-0.05, 0) is 81.5 Å². The number of hydrogen-bond acceptors (Lipinski definition) is 2. The van der Waals surface area contributed by atoms with Crippen molar-refractivity contribution in [1.82, 2.24) is 10.2 Å². The summed E-state index contributed by atoms with van der Waals surface area (Å²) >= 11 is 3.57. The second-order valence-electron chi connectivity index (χ2n) is 6.14. The Kier molecular flexibility index (Phi) is 5.14. The average Bonchev–Trinajstić information content (AvgIpc) is 2.87. The number of nitrogens with one attached hydrogen (secondary N) is 1. The monoisotopic (exact) mass is 336 g/mol. The van der Waals surface area contributed by atoms with Gasteiger partial charge in [-0.2, -0.15) is 0 Å². The van der Waals surface area contributed by atoms with Gasteiger partial charge in [0.05, 0.1) is 0 Å². The van der Waals surface area contributed by atoms with Crippen LogP contribution in [0.2, 0.25) is 0 Å². The molecule has 110 valence electrons. The molecule has 0 bridgehead atoms. The third-order valence-corrected chi connectivity index (χ3v) is 5.17. The fourth-order valence-corrected chi connectivity index (χ4v) is 3.97. The summed E-state index contributed by atoms with van der Waals surface area (Å²) in [5.74, 6) is 0. The molecule has 1 unspecified atom stereocenters. The van der Waals surface area contributed by atoms with Gasteiger partial charge < -0.3 is 10.2 Å². The van der Waals surface area contributed by atoms with Gasteiger partial charge in [0, 0.05) is 10.5 Å². The molecule has 1 aliphatic heterocycles. The molecular weight excluding hydrogens is 312 g/mol. The molecule has 1 atom stereocenters. The molecule has 3 heteroatoms. The Morgan fingerprint density at radius 2 is 2.05 bits per heavy atom. The largest absolute Gasteiger partial charge is 0.310 e. The molecule has 1 aliphatic carbocycles. The highest BCUT2D eigenvalue weighted by Gasteiger charge is 2.21. The number of piperidine rings is 1. The molecule has 0 radical (unpaired) electrons. The maximum absolute atomic E-state index is 3.75. The van der Waals surface area contributed by atoms with Crippen LogP contribution >= 0.6 is 15.9 Å². The van der Waals surface area contributed by atoms with E-state index in [0.29, 0.717) is 6.04 Å². The first kappa shape index (κ1) is 14.6. The second-order valence-corrected chi connectivity index (χ2v) is 7.06. The van der Waals surface area contributed by atoms with E-state index in [1.54, 1.807) is 0 Å². The molecule has 1 aromatic carbocycles. The van der Waals surface area contributed by atoms with Crippen molar-refractivity contribution < 1.29 is 0 Å². The lowest BCUT2D eigenvalue weighted by Gasteiger charge is -2.26. The number of aryl methyl sites for hydroxylation is 1. The summed E-state index contributed by atoms with van der Waals surface area (Å²) in [5.41, 5.74) is 3.04. The van der Waals surface area contributed by atoms with Gasteiger partial charge in [-0.15, -0.1) is 0 Å². The van der Waals surface area contributed by atoms with Crippen molar-refractivity contribution >= 4 is 15.9 Å². The zero-order valence-corrected chi connectivity index (χ0v) is 13.8. The van der Waals surface area contributed by atoms with E-state index in [9.17, 15) is 0 Å². The lowest BCUT2D eigenvalue weighted by atomic mass is 10.1. The van der Waals surface area contributed by atoms with E-state index in [4.69, 9.17) is 0 Å². The van der Waals surface area contributed by atoms with Crippen LogP contribution in [0.25, 0.3) is 0 Å². The van der Waals surface area contributed by atoms with Crippen LogP contribution in [0.5, 0.6) is 0 Å². The molecule has 2 nitrogen and oxygen atoms in total. The van der Waals surface area contributed by atoms with Crippen molar-refractivity contribution in [3.63, 3.8) is 0 Å². The molecular formula is C17H25BrN2. The van der Waals surface area contributed by atoms with E-state index in [2.05, 4.69) is 44.3 Å². The van der Waals surface area contributed by atoms with E-state index in [1.165, 1.54) is 73.8 Å². The summed E-state index contributed by atoms with van der Waals surface area (Å²) in [4.78, 5) is 2.63. The third kappa shape index (κ3) is 3.63. The highest BCUT2D eigenvalue weighted by molar-refractivity contribution is 9.10. The van der Waals surface area contributed by atoms with Crippen molar-refractivity contribution in [3.8, 4) is 0 Å². The molecule has 0 aromatic heterocycles. The molecule has 1 aromatic rings. The van der Waals surface area contributed by atoms with E-state index in [0.717, 1.165) is 6.54 Å². The smallest absolute Gasteiger partial charge is 0.0326 e. The molecule has 3 rings (SSSR count). The Hall–Kier alpha value is -0.380. The van der Waals surface area contributed by atoms with Crippen molar-refractivity contribution in [2.45, 2.75) is 44.6 Å². The molecule has 0 amide bonds. The first-order chi connectivity index (χ1) is 9.83. The Balaban J connectivity index is 1.41. The van der Waals surface area contributed by atoms with Crippen molar-refractivity contribution in [3.05, 3.63) is 33.8 Å². The second kappa shape index (κ2) is 7.06.